The number of nitrogens with zero attached hydrogens (tertiary/aromatic N) is 2. The van der Waals surface area contributed by atoms with Crippen LogP contribution in [0.15, 0.2) is 60.2 Å². The van der Waals surface area contributed by atoms with Crippen molar-refractivity contribution in [1.29, 1.82) is 0 Å². The summed E-state index contributed by atoms with van der Waals surface area (Å²) in [5.74, 6) is -2.63. The maximum atomic E-state index is 14.7. The molecule has 1 fully saturated rings. The van der Waals surface area contributed by atoms with E-state index in [-0.39, 0.29) is 16.9 Å². The summed E-state index contributed by atoms with van der Waals surface area (Å²) < 4.78 is 14.7. The zero-order valence-electron chi connectivity index (χ0n) is 15.7. The Labute approximate surface area is 170 Å². The van der Waals surface area contributed by atoms with Gasteiger partial charge in [0.15, 0.2) is 5.13 Å². The average Bonchev–Trinajstić information content (AvgIpc) is 3.18. The number of anilines is 1. The van der Waals surface area contributed by atoms with Crippen molar-refractivity contribution in [3.63, 3.8) is 0 Å². The van der Waals surface area contributed by atoms with Gasteiger partial charge in [-0.3, -0.25) is 14.5 Å². The molecular weight excluding hydrogens is 391 g/mol. The minimum Gasteiger partial charge on any atom is -0.507 e. The fraction of sp³-hybridized carbons (Fsp3) is 0.136. The van der Waals surface area contributed by atoms with Crippen LogP contribution in [-0.4, -0.2) is 21.8 Å². The topological polar surface area (TPSA) is 70.5 Å². The molecule has 1 aromatic heterocycles. The molecule has 2 aromatic carbocycles. The van der Waals surface area contributed by atoms with Crippen molar-refractivity contribution >= 4 is 33.9 Å². The van der Waals surface area contributed by atoms with Crippen molar-refractivity contribution in [2.75, 3.05) is 4.90 Å². The molecule has 0 aliphatic carbocycles. The lowest BCUT2D eigenvalue weighted by Gasteiger charge is -2.23. The lowest BCUT2D eigenvalue weighted by atomic mass is 9.95. The van der Waals surface area contributed by atoms with E-state index >= 15 is 0 Å². The molecule has 1 unspecified atom stereocenters. The van der Waals surface area contributed by atoms with Crippen LogP contribution in [0, 0.1) is 19.7 Å². The molecule has 0 bridgehead atoms. The fourth-order valence-corrected chi connectivity index (χ4v) is 4.27. The summed E-state index contributed by atoms with van der Waals surface area (Å²) in [5.41, 5.74) is 1.06. The van der Waals surface area contributed by atoms with Gasteiger partial charge in [0.1, 0.15) is 17.6 Å². The van der Waals surface area contributed by atoms with E-state index in [9.17, 15) is 19.1 Å². The molecule has 29 heavy (non-hydrogen) atoms. The summed E-state index contributed by atoms with van der Waals surface area (Å²) in [6.07, 6.45) is 0. The zero-order chi connectivity index (χ0) is 20.7. The number of aliphatic hydroxyl groups is 1. The molecule has 1 atom stereocenters. The number of halogens is 1. The third-order valence-corrected chi connectivity index (χ3v) is 5.99. The number of carbonyl (C=O) groups excluding carboxylic acids is 2. The number of aliphatic hydroxyl groups excluding tert-OH is 1. The lowest BCUT2D eigenvalue weighted by Crippen LogP contribution is -2.29. The number of benzene rings is 2. The molecule has 1 N–H and O–H groups in total. The Hall–Kier alpha value is -3.32. The summed E-state index contributed by atoms with van der Waals surface area (Å²) >= 11 is 1.25. The van der Waals surface area contributed by atoms with E-state index in [2.05, 4.69) is 4.98 Å². The van der Waals surface area contributed by atoms with Gasteiger partial charge in [-0.2, -0.15) is 0 Å². The maximum Gasteiger partial charge on any atom is 0.301 e. The summed E-state index contributed by atoms with van der Waals surface area (Å²) in [4.78, 5) is 32.3. The number of amides is 1. The number of carbonyl (C=O) groups is 2. The first-order valence-electron chi connectivity index (χ1n) is 8.95. The van der Waals surface area contributed by atoms with E-state index in [1.807, 2.05) is 6.92 Å². The summed E-state index contributed by atoms with van der Waals surface area (Å²) in [6, 6.07) is 13.2. The smallest absolute Gasteiger partial charge is 0.301 e. The van der Waals surface area contributed by atoms with Crippen LogP contribution in [0.5, 0.6) is 0 Å². The van der Waals surface area contributed by atoms with Crippen LogP contribution >= 0.6 is 11.3 Å². The third-order valence-electron chi connectivity index (χ3n) is 4.91. The fourth-order valence-electron chi connectivity index (χ4n) is 3.33. The van der Waals surface area contributed by atoms with Crippen molar-refractivity contribution in [3.8, 4) is 0 Å². The van der Waals surface area contributed by atoms with Crippen molar-refractivity contribution in [2.24, 2.45) is 0 Å². The molecule has 1 aliphatic rings. The third kappa shape index (κ3) is 3.13. The van der Waals surface area contributed by atoms with Gasteiger partial charge in [0.2, 0.25) is 0 Å². The number of Topliss-reactive ketones (excluding diaryl/α,β-unsaturated/α-hetero) is 1. The van der Waals surface area contributed by atoms with Crippen molar-refractivity contribution in [1.82, 2.24) is 4.98 Å². The maximum absolute atomic E-state index is 14.7. The molecule has 2 heterocycles. The Morgan fingerprint density at radius 1 is 1.07 bits per heavy atom. The molecule has 1 aliphatic heterocycles. The summed E-state index contributed by atoms with van der Waals surface area (Å²) in [6.45, 7) is 3.66. The number of thiazole rings is 1. The lowest BCUT2D eigenvalue weighted by molar-refractivity contribution is -0.132. The molecule has 5 nitrogen and oxygen atoms in total. The Kier molecular flexibility index (Phi) is 4.76. The Balaban J connectivity index is 1.99. The van der Waals surface area contributed by atoms with Crippen LogP contribution in [0.3, 0.4) is 0 Å². The molecule has 0 radical (unpaired) electrons. The average molecular weight is 408 g/mol. The van der Waals surface area contributed by atoms with Crippen LogP contribution in [-0.2, 0) is 9.59 Å². The first-order chi connectivity index (χ1) is 13.9. The molecule has 7 heteroatoms. The first kappa shape index (κ1) is 19.0. The monoisotopic (exact) mass is 408 g/mol. The quantitative estimate of drug-likeness (QED) is 0.393. The molecule has 4 rings (SSSR count). The van der Waals surface area contributed by atoms with Gasteiger partial charge in [-0.1, -0.05) is 48.5 Å². The number of hydrogen-bond donors (Lipinski definition) is 1. The first-order valence-corrected chi connectivity index (χ1v) is 9.76. The molecule has 3 aromatic rings. The number of aromatic nitrogens is 1. The number of rotatable bonds is 3. The van der Waals surface area contributed by atoms with Gasteiger partial charge in [0.05, 0.1) is 11.3 Å². The van der Waals surface area contributed by atoms with E-state index in [0.29, 0.717) is 10.7 Å². The molecule has 0 saturated carbocycles. The highest BCUT2D eigenvalue weighted by Gasteiger charge is 2.49. The summed E-state index contributed by atoms with van der Waals surface area (Å²) in [7, 11) is 0. The molecule has 0 spiro atoms. The van der Waals surface area contributed by atoms with Gasteiger partial charge < -0.3 is 5.11 Å². The Morgan fingerprint density at radius 2 is 1.72 bits per heavy atom. The second kappa shape index (κ2) is 7.25. The molecule has 1 amide bonds. The Morgan fingerprint density at radius 3 is 2.34 bits per heavy atom. The number of aryl methyl sites for hydroxylation is 2. The second-order valence-corrected chi connectivity index (χ2v) is 7.88. The highest BCUT2D eigenvalue weighted by atomic mass is 32.1. The van der Waals surface area contributed by atoms with Crippen molar-refractivity contribution in [3.05, 3.63) is 87.7 Å². The van der Waals surface area contributed by atoms with Crippen LogP contribution < -0.4 is 4.90 Å². The largest absolute Gasteiger partial charge is 0.507 e. The minimum atomic E-state index is -1.11. The molecule has 1 saturated heterocycles. The summed E-state index contributed by atoms with van der Waals surface area (Å²) in [5, 5.41) is 11.2. The van der Waals surface area contributed by atoms with Crippen molar-refractivity contribution in [2.45, 2.75) is 19.9 Å². The van der Waals surface area contributed by atoms with Crippen LogP contribution in [0.25, 0.3) is 5.76 Å². The number of hydrogen-bond acceptors (Lipinski definition) is 5. The van der Waals surface area contributed by atoms with Crippen LogP contribution in [0.4, 0.5) is 9.52 Å². The van der Waals surface area contributed by atoms with Gasteiger partial charge in [-0.05, 0) is 19.9 Å². The second-order valence-electron chi connectivity index (χ2n) is 6.69. The van der Waals surface area contributed by atoms with Crippen LogP contribution in [0.1, 0.15) is 27.7 Å². The van der Waals surface area contributed by atoms with Gasteiger partial charge in [-0.15, -0.1) is 11.3 Å². The van der Waals surface area contributed by atoms with E-state index in [1.165, 1.54) is 34.4 Å². The highest BCUT2D eigenvalue weighted by Crippen LogP contribution is 2.44. The van der Waals surface area contributed by atoms with E-state index in [4.69, 9.17) is 0 Å². The predicted molar refractivity (Wildman–Crippen MR) is 109 cm³/mol. The Bertz CT molecular complexity index is 1130. The zero-order valence-corrected chi connectivity index (χ0v) is 16.5. The number of ketones is 1. The normalized spacial score (nSPS) is 18.4. The molecular formula is C22H17FN2O3S. The van der Waals surface area contributed by atoms with E-state index in [0.717, 1.165) is 10.6 Å². The van der Waals surface area contributed by atoms with Gasteiger partial charge in [0.25, 0.3) is 5.78 Å². The van der Waals surface area contributed by atoms with E-state index in [1.54, 1.807) is 43.3 Å². The SMILES string of the molecule is Cc1nc(N2C(=O)C(=O)/C(=C(/O)c3ccccc3)C2c2ccccc2F)sc1C. The van der Waals surface area contributed by atoms with E-state index < -0.39 is 23.5 Å². The van der Waals surface area contributed by atoms with Crippen LogP contribution in [0.2, 0.25) is 0 Å². The minimum absolute atomic E-state index is 0.120. The standard InChI is InChI=1S/C22H17FN2O3S/c1-12-13(2)29-22(24-12)25-18(15-10-6-7-11-16(15)23)17(20(27)21(25)28)19(26)14-8-4-3-5-9-14/h3-11,18,26H,1-2H3/b19-17+. The predicted octanol–water partition coefficient (Wildman–Crippen LogP) is 4.53. The van der Waals surface area contributed by atoms with Gasteiger partial charge in [-0.25, -0.2) is 9.37 Å². The molecule has 146 valence electrons. The van der Waals surface area contributed by atoms with Gasteiger partial charge in [0, 0.05) is 16.0 Å². The van der Waals surface area contributed by atoms with Gasteiger partial charge >= 0.3 is 5.91 Å². The van der Waals surface area contributed by atoms with Crippen molar-refractivity contribution < 1.29 is 19.1 Å². The highest BCUT2D eigenvalue weighted by molar-refractivity contribution is 7.16.